The lowest BCUT2D eigenvalue weighted by atomic mass is 10.1. The van der Waals surface area contributed by atoms with E-state index < -0.39 is 0 Å². The first kappa shape index (κ1) is 21.0. The molecule has 3 rings (SSSR count). The number of rotatable bonds is 4. The highest BCUT2D eigenvalue weighted by Gasteiger charge is 2.22. The number of piperazine rings is 1. The summed E-state index contributed by atoms with van der Waals surface area (Å²) in [5, 5.41) is 3.44. The second-order valence-corrected chi connectivity index (χ2v) is 6.18. The number of hydrogen-bond acceptors (Lipinski definition) is 3. The molecule has 1 unspecified atom stereocenters. The Hall–Kier alpha value is -1.04. The molecule has 1 aromatic carbocycles. The lowest BCUT2D eigenvalue weighted by molar-refractivity contribution is -0.131. The molecule has 2 heterocycles. The standard InChI is InChI=1S/C17H24FN3O.2ClH/c18-14-3-6-16(7-4-14)20-10-12-21(13-11-20)17(22)8-5-15-2-1-9-19-15;;/h3-4,6-7,15,19H,1-2,5,8-13H2;2*1H. The van der Waals surface area contributed by atoms with Gasteiger partial charge in [0.25, 0.3) is 0 Å². The fraction of sp³-hybridized carbons (Fsp3) is 0.588. The Morgan fingerprint density at radius 1 is 1.12 bits per heavy atom. The molecule has 2 aliphatic rings. The van der Waals surface area contributed by atoms with Gasteiger partial charge in [0.15, 0.2) is 0 Å². The molecule has 0 radical (unpaired) electrons. The minimum atomic E-state index is -0.210. The van der Waals surface area contributed by atoms with E-state index in [0.29, 0.717) is 12.5 Å². The minimum Gasteiger partial charge on any atom is -0.368 e. The van der Waals surface area contributed by atoms with Crippen LogP contribution in [0.5, 0.6) is 0 Å². The third kappa shape index (κ3) is 5.50. The summed E-state index contributed by atoms with van der Waals surface area (Å²) < 4.78 is 13.0. The number of carbonyl (C=O) groups excluding carboxylic acids is 1. The van der Waals surface area contributed by atoms with Gasteiger partial charge in [0, 0.05) is 44.3 Å². The second kappa shape index (κ2) is 10.1. The van der Waals surface area contributed by atoms with Crippen molar-refractivity contribution in [3.05, 3.63) is 30.1 Å². The van der Waals surface area contributed by atoms with Crippen molar-refractivity contribution in [1.82, 2.24) is 10.2 Å². The number of hydrogen-bond donors (Lipinski definition) is 1. The number of anilines is 1. The van der Waals surface area contributed by atoms with Crippen LogP contribution in [0.4, 0.5) is 10.1 Å². The number of nitrogens with one attached hydrogen (secondary N) is 1. The Morgan fingerprint density at radius 3 is 2.38 bits per heavy atom. The first-order chi connectivity index (χ1) is 10.7. The number of benzene rings is 1. The average Bonchev–Trinajstić information content (AvgIpc) is 3.07. The predicted molar refractivity (Wildman–Crippen MR) is 99.9 cm³/mol. The van der Waals surface area contributed by atoms with Crippen molar-refractivity contribution >= 4 is 36.4 Å². The van der Waals surface area contributed by atoms with Crippen molar-refractivity contribution in [2.45, 2.75) is 31.7 Å². The molecule has 2 saturated heterocycles. The van der Waals surface area contributed by atoms with E-state index in [1.807, 2.05) is 4.90 Å². The third-order valence-corrected chi connectivity index (χ3v) is 4.69. The van der Waals surface area contributed by atoms with Crippen molar-refractivity contribution in [2.75, 3.05) is 37.6 Å². The summed E-state index contributed by atoms with van der Waals surface area (Å²) in [5.74, 6) is 0.0607. The highest BCUT2D eigenvalue weighted by atomic mass is 35.5. The van der Waals surface area contributed by atoms with Crippen LogP contribution in [0, 0.1) is 5.82 Å². The molecule has 2 fully saturated rings. The Labute approximate surface area is 155 Å². The van der Waals surface area contributed by atoms with Gasteiger partial charge in [0.05, 0.1) is 0 Å². The van der Waals surface area contributed by atoms with E-state index in [2.05, 4.69) is 10.2 Å². The van der Waals surface area contributed by atoms with Crippen LogP contribution in [0.3, 0.4) is 0 Å². The lowest BCUT2D eigenvalue weighted by Crippen LogP contribution is -2.49. The third-order valence-electron chi connectivity index (χ3n) is 4.69. The molecule has 0 aliphatic carbocycles. The summed E-state index contributed by atoms with van der Waals surface area (Å²) in [4.78, 5) is 16.4. The molecule has 24 heavy (non-hydrogen) atoms. The maximum absolute atomic E-state index is 13.0. The van der Waals surface area contributed by atoms with Gasteiger partial charge in [-0.2, -0.15) is 0 Å². The van der Waals surface area contributed by atoms with E-state index >= 15 is 0 Å². The van der Waals surface area contributed by atoms with Crippen LogP contribution in [-0.4, -0.2) is 49.6 Å². The fourth-order valence-corrected chi connectivity index (χ4v) is 3.32. The smallest absolute Gasteiger partial charge is 0.222 e. The van der Waals surface area contributed by atoms with Gasteiger partial charge in [-0.3, -0.25) is 4.79 Å². The first-order valence-electron chi connectivity index (χ1n) is 8.24. The molecular weight excluding hydrogens is 352 g/mol. The summed E-state index contributed by atoms with van der Waals surface area (Å²) in [6.07, 6.45) is 4.03. The van der Waals surface area contributed by atoms with E-state index in [-0.39, 0.29) is 36.5 Å². The van der Waals surface area contributed by atoms with Crippen LogP contribution in [0.1, 0.15) is 25.7 Å². The molecule has 4 nitrogen and oxygen atoms in total. The van der Waals surface area contributed by atoms with Gasteiger partial charge in [0.2, 0.25) is 5.91 Å². The molecule has 2 aliphatic heterocycles. The highest BCUT2D eigenvalue weighted by molar-refractivity contribution is 5.85. The van der Waals surface area contributed by atoms with Crippen LogP contribution in [0.15, 0.2) is 24.3 Å². The van der Waals surface area contributed by atoms with E-state index in [0.717, 1.165) is 44.8 Å². The van der Waals surface area contributed by atoms with Gasteiger partial charge in [-0.05, 0) is 50.1 Å². The molecule has 0 bridgehead atoms. The zero-order chi connectivity index (χ0) is 15.4. The fourth-order valence-electron chi connectivity index (χ4n) is 3.32. The van der Waals surface area contributed by atoms with Gasteiger partial charge in [-0.15, -0.1) is 24.8 Å². The molecule has 1 N–H and O–H groups in total. The van der Waals surface area contributed by atoms with Crippen molar-refractivity contribution in [1.29, 1.82) is 0 Å². The van der Waals surface area contributed by atoms with Gasteiger partial charge >= 0.3 is 0 Å². The van der Waals surface area contributed by atoms with Crippen LogP contribution in [-0.2, 0) is 4.79 Å². The SMILES string of the molecule is Cl.Cl.O=C(CCC1CCCN1)N1CCN(c2ccc(F)cc2)CC1. The Bertz CT molecular complexity index is 501. The van der Waals surface area contributed by atoms with Gasteiger partial charge in [-0.1, -0.05) is 0 Å². The average molecular weight is 378 g/mol. The van der Waals surface area contributed by atoms with Crippen molar-refractivity contribution < 1.29 is 9.18 Å². The molecule has 1 aromatic rings. The monoisotopic (exact) mass is 377 g/mol. The Kier molecular flexibility index (Phi) is 8.81. The number of halogens is 3. The summed E-state index contributed by atoms with van der Waals surface area (Å²) >= 11 is 0. The largest absolute Gasteiger partial charge is 0.368 e. The topological polar surface area (TPSA) is 35.6 Å². The Morgan fingerprint density at radius 2 is 1.79 bits per heavy atom. The number of nitrogens with zero attached hydrogens (tertiary/aromatic N) is 2. The zero-order valence-corrected chi connectivity index (χ0v) is 15.4. The maximum atomic E-state index is 13.0. The number of amides is 1. The number of carbonyl (C=O) groups is 1. The Balaban J connectivity index is 0.00000144. The lowest BCUT2D eigenvalue weighted by Gasteiger charge is -2.36. The van der Waals surface area contributed by atoms with Crippen molar-refractivity contribution in [2.24, 2.45) is 0 Å². The summed E-state index contributed by atoms with van der Waals surface area (Å²) in [5.41, 5.74) is 1.03. The van der Waals surface area contributed by atoms with E-state index in [1.165, 1.54) is 25.0 Å². The zero-order valence-electron chi connectivity index (χ0n) is 13.7. The maximum Gasteiger partial charge on any atom is 0.222 e. The van der Waals surface area contributed by atoms with Crippen LogP contribution in [0.2, 0.25) is 0 Å². The van der Waals surface area contributed by atoms with Crippen molar-refractivity contribution in [3.8, 4) is 0 Å². The van der Waals surface area contributed by atoms with Crippen LogP contribution in [0.25, 0.3) is 0 Å². The molecular formula is C17H26Cl2FN3O. The summed E-state index contributed by atoms with van der Waals surface area (Å²) in [7, 11) is 0. The molecule has 0 spiro atoms. The quantitative estimate of drug-likeness (QED) is 0.875. The summed E-state index contributed by atoms with van der Waals surface area (Å²) in [6, 6.07) is 7.12. The highest BCUT2D eigenvalue weighted by Crippen LogP contribution is 2.18. The predicted octanol–water partition coefficient (Wildman–Crippen LogP) is 2.85. The van der Waals surface area contributed by atoms with E-state index in [1.54, 1.807) is 12.1 Å². The van der Waals surface area contributed by atoms with Gasteiger partial charge in [0.1, 0.15) is 5.82 Å². The summed E-state index contributed by atoms with van der Waals surface area (Å²) in [6.45, 7) is 4.25. The normalized spacial score (nSPS) is 20.3. The van der Waals surface area contributed by atoms with Gasteiger partial charge in [-0.25, -0.2) is 4.39 Å². The van der Waals surface area contributed by atoms with E-state index in [9.17, 15) is 9.18 Å². The van der Waals surface area contributed by atoms with Crippen molar-refractivity contribution in [3.63, 3.8) is 0 Å². The second-order valence-electron chi connectivity index (χ2n) is 6.18. The minimum absolute atomic E-state index is 0. The molecule has 136 valence electrons. The molecule has 1 atom stereocenters. The van der Waals surface area contributed by atoms with Gasteiger partial charge < -0.3 is 15.1 Å². The van der Waals surface area contributed by atoms with Crippen LogP contribution < -0.4 is 10.2 Å². The first-order valence-corrected chi connectivity index (χ1v) is 8.24. The van der Waals surface area contributed by atoms with Crippen LogP contribution >= 0.6 is 24.8 Å². The molecule has 1 amide bonds. The molecule has 0 saturated carbocycles. The molecule has 0 aromatic heterocycles. The molecule has 7 heteroatoms. The van der Waals surface area contributed by atoms with E-state index in [4.69, 9.17) is 0 Å².